The molecule has 0 spiro atoms. The second-order valence-electron chi connectivity index (χ2n) is 8.44. The summed E-state index contributed by atoms with van der Waals surface area (Å²) >= 11 is 0. The molecule has 35 heavy (non-hydrogen) atoms. The van der Waals surface area contributed by atoms with Crippen molar-refractivity contribution in [1.29, 1.82) is 0 Å². The van der Waals surface area contributed by atoms with E-state index in [9.17, 15) is 9.59 Å². The molecule has 8 nitrogen and oxygen atoms in total. The highest BCUT2D eigenvalue weighted by Crippen LogP contribution is 2.27. The fraction of sp³-hybridized carbons (Fsp3) is 0.185. The minimum Gasteiger partial charge on any atom is -0.397 e. The Kier molecular flexibility index (Phi) is 7.21. The van der Waals surface area contributed by atoms with Gasteiger partial charge in [-0.2, -0.15) is 0 Å². The van der Waals surface area contributed by atoms with Gasteiger partial charge in [0.15, 0.2) is 0 Å². The van der Waals surface area contributed by atoms with Crippen molar-refractivity contribution in [2.45, 2.75) is 33.2 Å². The van der Waals surface area contributed by atoms with E-state index in [0.717, 1.165) is 27.9 Å². The number of nitrogens with one attached hydrogen (secondary N) is 2. The summed E-state index contributed by atoms with van der Waals surface area (Å²) < 4.78 is 1.47. The number of amides is 2. The van der Waals surface area contributed by atoms with E-state index in [4.69, 9.17) is 5.73 Å². The summed E-state index contributed by atoms with van der Waals surface area (Å²) in [5, 5.41) is 13.9. The average molecular weight is 469 g/mol. The number of aromatic nitrogens is 3. The van der Waals surface area contributed by atoms with Crippen LogP contribution in [-0.2, 0) is 22.6 Å². The summed E-state index contributed by atoms with van der Waals surface area (Å²) in [6, 6.07) is 21.3. The van der Waals surface area contributed by atoms with E-state index < -0.39 is 0 Å². The molecule has 3 aromatic carbocycles. The maximum absolute atomic E-state index is 12.6. The van der Waals surface area contributed by atoms with Gasteiger partial charge in [-0.1, -0.05) is 59.8 Å². The lowest BCUT2D eigenvalue weighted by Gasteiger charge is -2.11. The van der Waals surface area contributed by atoms with Crippen LogP contribution in [0.5, 0.6) is 0 Å². The molecule has 4 N–H and O–H groups in total. The molecule has 0 fully saturated rings. The molecular weight excluding hydrogens is 440 g/mol. The zero-order valence-corrected chi connectivity index (χ0v) is 19.8. The van der Waals surface area contributed by atoms with E-state index in [1.807, 2.05) is 74.5 Å². The number of nitrogen functional groups attached to an aromatic ring is 1. The highest BCUT2D eigenvalue weighted by molar-refractivity contribution is 5.95. The Hall–Kier alpha value is -4.46. The van der Waals surface area contributed by atoms with E-state index >= 15 is 0 Å². The molecule has 4 rings (SSSR count). The summed E-state index contributed by atoms with van der Waals surface area (Å²) in [6.45, 7) is 3.94. The van der Waals surface area contributed by atoms with Crippen molar-refractivity contribution in [3.8, 4) is 11.1 Å². The molecule has 0 aliphatic heterocycles. The quantitative estimate of drug-likeness (QED) is 0.333. The van der Waals surface area contributed by atoms with Crippen LogP contribution in [0.2, 0.25) is 0 Å². The Morgan fingerprint density at radius 1 is 0.886 bits per heavy atom. The van der Waals surface area contributed by atoms with Gasteiger partial charge in [0.25, 0.3) is 0 Å². The van der Waals surface area contributed by atoms with Crippen LogP contribution < -0.4 is 16.4 Å². The fourth-order valence-corrected chi connectivity index (χ4v) is 3.80. The molecule has 0 unspecified atom stereocenters. The second kappa shape index (κ2) is 10.6. The molecule has 0 saturated heterocycles. The van der Waals surface area contributed by atoms with Crippen molar-refractivity contribution >= 4 is 28.9 Å². The van der Waals surface area contributed by atoms with Gasteiger partial charge in [0.05, 0.1) is 17.1 Å². The number of carbonyl (C=O) groups is 2. The standard InChI is InChI=1S/C27H28N6O2/c1-18-7-6-8-19(2)27(18)30-26(35)17-33-16-22(31-32-33)12-14-25(34)29-24-15-21(11-13-23(24)28)20-9-4-3-5-10-20/h3-11,13,15-16H,12,14,17,28H2,1-2H3,(H,29,34)(H,30,35). The number of benzene rings is 3. The number of hydrogen-bond acceptors (Lipinski definition) is 5. The summed E-state index contributed by atoms with van der Waals surface area (Å²) in [5.74, 6) is -0.366. The van der Waals surface area contributed by atoms with E-state index in [1.54, 1.807) is 12.3 Å². The van der Waals surface area contributed by atoms with Crippen molar-refractivity contribution in [2.75, 3.05) is 16.4 Å². The van der Waals surface area contributed by atoms with Crippen LogP contribution in [-0.4, -0.2) is 26.8 Å². The molecule has 4 aromatic rings. The van der Waals surface area contributed by atoms with Gasteiger partial charge < -0.3 is 16.4 Å². The normalized spacial score (nSPS) is 10.7. The molecule has 0 aliphatic carbocycles. The molecule has 0 atom stereocenters. The van der Waals surface area contributed by atoms with Crippen LogP contribution in [0.15, 0.2) is 72.9 Å². The molecule has 0 radical (unpaired) electrons. The molecule has 178 valence electrons. The van der Waals surface area contributed by atoms with Crippen LogP contribution in [0.4, 0.5) is 17.1 Å². The number of aryl methyl sites for hydroxylation is 3. The van der Waals surface area contributed by atoms with Crippen LogP contribution in [0.3, 0.4) is 0 Å². The van der Waals surface area contributed by atoms with Crippen LogP contribution in [0.25, 0.3) is 11.1 Å². The Morgan fingerprint density at radius 2 is 1.63 bits per heavy atom. The lowest BCUT2D eigenvalue weighted by molar-refractivity contribution is -0.117. The third kappa shape index (κ3) is 6.11. The van der Waals surface area contributed by atoms with Gasteiger partial charge in [0.2, 0.25) is 11.8 Å². The largest absolute Gasteiger partial charge is 0.397 e. The van der Waals surface area contributed by atoms with E-state index in [-0.39, 0.29) is 24.8 Å². The van der Waals surface area contributed by atoms with Crippen molar-refractivity contribution in [2.24, 2.45) is 0 Å². The van der Waals surface area contributed by atoms with Crippen molar-refractivity contribution in [1.82, 2.24) is 15.0 Å². The molecule has 0 saturated carbocycles. The number of para-hydroxylation sites is 1. The lowest BCUT2D eigenvalue weighted by atomic mass is 10.0. The van der Waals surface area contributed by atoms with Crippen molar-refractivity contribution in [3.63, 3.8) is 0 Å². The highest BCUT2D eigenvalue weighted by atomic mass is 16.2. The predicted octanol–water partition coefficient (Wildman–Crippen LogP) is 4.35. The van der Waals surface area contributed by atoms with Gasteiger partial charge in [-0.05, 0) is 48.2 Å². The first-order valence-corrected chi connectivity index (χ1v) is 11.4. The summed E-state index contributed by atoms with van der Waals surface area (Å²) in [6.07, 6.45) is 2.28. The number of nitrogens with two attached hydrogens (primary N) is 1. The van der Waals surface area contributed by atoms with Gasteiger partial charge in [-0.3, -0.25) is 9.59 Å². The molecule has 0 bridgehead atoms. The van der Waals surface area contributed by atoms with E-state index in [1.165, 1.54) is 4.68 Å². The maximum Gasteiger partial charge on any atom is 0.246 e. The van der Waals surface area contributed by atoms with Crippen molar-refractivity contribution < 1.29 is 9.59 Å². The van der Waals surface area contributed by atoms with Gasteiger partial charge >= 0.3 is 0 Å². The third-order valence-electron chi connectivity index (χ3n) is 5.68. The highest BCUT2D eigenvalue weighted by Gasteiger charge is 2.12. The number of nitrogens with zero attached hydrogens (tertiary/aromatic N) is 3. The van der Waals surface area contributed by atoms with Crippen molar-refractivity contribution in [3.05, 3.63) is 89.7 Å². The predicted molar refractivity (Wildman–Crippen MR) is 138 cm³/mol. The van der Waals surface area contributed by atoms with Crippen LogP contribution in [0, 0.1) is 13.8 Å². The minimum atomic E-state index is -0.189. The Bertz CT molecular complexity index is 1330. The van der Waals surface area contributed by atoms with Gasteiger partial charge in [0, 0.05) is 24.7 Å². The Morgan fingerprint density at radius 3 is 2.37 bits per heavy atom. The first kappa shape index (κ1) is 23.7. The smallest absolute Gasteiger partial charge is 0.246 e. The van der Waals surface area contributed by atoms with Crippen LogP contribution in [0.1, 0.15) is 23.2 Å². The SMILES string of the molecule is Cc1cccc(C)c1NC(=O)Cn1cc(CCC(=O)Nc2cc(-c3ccccc3)ccc2N)nn1. The fourth-order valence-electron chi connectivity index (χ4n) is 3.80. The zero-order chi connectivity index (χ0) is 24.8. The second-order valence-corrected chi connectivity index (χ2v) is 8.44. The first-order chi connectivity index (χ1) is 16.9. The van der Waals surface area contributed by atoms with Gasteiger partial charge in [0.1, 0.15) is 6.54 Å². The van der Waals surface area contributed by atoms with Gasteiger partial charge in [-0.25, -0.2) is 4.68 Å². The average Bonchev–Trinajstić information content (AvgIpc) is 3.29. The lowest BCUT2D eigenvalue weighted by Crippen LogP contribution is -2.20. The molecular formula is C27H28N6O2. The maximum atomic E-state index is 12.6. The zero-order valence-electron chi connectivity index (χ0n) is 19.8. The number of hydrogen-bond donors (Lipinski definition) is 3. The monoisotopic (exact) mass is 468 g/mol. The number of anilines is 3. The molecule has 1 heterocycles. The topological polar surface area (TPSA) is 115 Å². The molecule has 1 aromatic heterocycles. The summed E-state index contributed by atoms with van der Waals surface area (Å²) in [4.78, 5) is 25.0. The third-order valence-corrected chi connectivity index (χ3v) is 5.68. The molecule has 2 amide bonds. The minimum absolute atomic E-state index is 0.0375. The summed E-state index contributed by atoms with van der Waals surface area (Å²) in [7, 11) is 0. The van der Waals surface area contributed by atoms with E-state index in [2.05, 4.69) is 20.9 Å². The van der Waals surface area contributed by atoms with Crippen LogP contribution >= 0.6 is 0 Å². The molecule has 0 aliphatic rings. The number of carbonyl (C=O) groups excluding carboxylic acids is 2. The molecule has 8 heteroatoms. The Balaban J connectivity index is 1.31. The summed E-state index contributed by atoms with van der Waals surface area (Å²) in [5.41, 5.74) is 12.6. The number of rotatable bonds is 8. The van der Waals surface area contributed by atoms with Gasteiger partial charge in [-0.15, -0.1) is 5.10 Å². The Labute approximate surface area is 204 Å². The van der Waals surface area contributed by atoms with E-state index in [0.29, 0.717) is 23.5 Å². The first-order valence-electron chi connectivity index (χ1n) is 11.4.